The Morgan fingerprint density at radius 1 is 1.25 bits per heavy atom. The molecule has 0 aromatic heterocycles. The Bertz CT molecular complexity index is 874. The van der Waals surface area contributed by atoms with Crippen LogP contribution in [0.1, 0.15) is 27.2 Å². The minimum absolute atomic E-state index is 0.0194. The van der Waals surface area contributed by atoms with Gasteiger partial charge in [-0.2, -0.15) is 4.31 Å². The maximum atomic E-state index is 13.2. The number of fused-ring (bicyclic) bond motifs is 2. The summed E-state index contributed by atoms with van der Waals surface area (Å²) in [5, 5.41) is 11.2. The third kappa shape index (κ3) is 2.13. The Balaban J connectivity index is 2.19. The summed E-state index contributed by atoms with van der Waals surface area (Å²) in [7, 11) is -4.15. The van der Waals surface area contributed by atoms with Crippen LogP contribution in [-0.4, -0.2) is 35.0 Å². The van der Waals surface area contributed by atoms with Crippen molar-refractivity contribution in [2.24, 2.45) is 5.41 Å². The van der Waals surface area contributed by atoms with Crippen LogP contribution >= 0.6 is 0 Å². The van der Waals surface area contributed by atoms with E-state index in [1.165, 1.54) is 28.6 Å². The average Bonchev–Trinajstić information content (AvgIpc) is 2.81. The molecule has 0 amide bonds. The van der Waals surface area contributed by atoms with Gasteiger partial charge in [0.05, 0.1) is 16.5 Å². The molecule has 0 aliphatic carbocycles. The van der Waals surface area contributed by atoms with E-state index in [4.69, 9.17) is 0 Å². The molecule has 1 saturated heterocycles. The Morgan fingerprint density at radius 3 is 2.50 bits per heavy atom. The number of carbonyl (C=O) groups is 1. The van der Waals surface area contributed by atoms with Crippen molar-refractivity contribution in [3.8, 4) is 0 Å². The molecule has 1 aromatic rings. The summed E-state index contributed by atoms with van der Waals surface area (Å²) in [6, 6.07) is 4.63. The lowest BCUT2D eigenvalue weighted by molar-refractivity contribution is -0.387. The van der Waals surface area contributed by atoms with Crippen LogP contribution < -0.4 is 0 Å². The van der Waals surface area contributed by atoms with E-state index in [1.807, 2.05) is 0 Å². The molecule has 128 valence electrons. The van der Waals surface area contributed by atoms with Crippen molar-refractivity contribution in [1.82, 2.24) is 4.31 Å². The molecule has 0 spiro atoms. The lowest BCUT2D eigenvalue weighted by Crippen LogP contribution is -2.61. The molecule has 2 aliphatic heterocycles. The van der Waals surface area contributed by atoms with E-state index in [1.54, 1.807) is 32.9 Å². The average molecular weight is 350 g/mol. The highest BCUT2D eigenvalue weighted by atomic mass is 32.2. The fourth-order valence-corrected chi connectivity index (χ4v) is 5.69. The number of nitrogens with zero attached hydrogens (tertiary/aromatic N) is 2. The Hall–Kier alpha value is -2.06. The van der Waals surface area contributed by atoms with Gasteiger partial charge in [-0.15, -0.1) is 0 Å². The number of hydrogen-bond donors (Lipinski definition) is 0. The molecule has 8 heteroatoms. The molecule has 2 unspecified atom stereocenters. The van der Waals surface area contributed by atoms with E-state index >= 15 is 0 Å². The van der Waals surface area contributed by atoms with E-state index in [0.717, 1.165) is 0 Å². The summed E-state index contributed by atoms with van der Waals surface area (Å²) in [5.41, 5.74) is -2.35. The number of piperidine rings is 1. The molecule has 0 N–H and O–H groups in total. The maximum Gasteiger partial charge on any atom is 0.289 e. The number of carbonyl (C=O) groups excluding carboxylic acids is 1. The summed E-state index contributed by atoms with van der Waals surface area (Å²) in [5.74, 6) is -0.0194. The van der Waals surface area contributed by atoms with Crippen LogP contribution in [0.2, 0.25) is 0 Å². The van der Waals surface area contributed by atoms with Gasteiger partial charge in [-0.1, -0.05) is 38.1 Å². The topological polar surface area (TPSA) is 97.6 Å². The summed E-state index contributed by atoms with van der Waals surface area (Å²) >= 11 is 0. The zero-order valence-corrected chi connectivity index (χ0v) is 14.4. The van der Waals surface area contributed by atoms with Crippen molar-refractivity contribution in [2.75, 3.05) is 0 Å². The van der Waals surface area contributed by atoms with Gasteiger partial charge in [-0.25, -0.2) is 8.42 Å². The minimum Gasteiger partial charge on any atom is -0.299 e. The van der Waals surface area contributed by atoms with Gasteiger partial charge < -0.3 is 0 Å². The van der Waals surface area contributed by atoms with Crippen molar-refractivity contribution in [3.05, 3.63) is 46.5 Å². The van der Waals surface area contributed by atoms with Crippen LogP contribution in [0.25, 0.3) is 0 Å². The lowest BCUT2D eigenvalue weighted by atomic mass is 9.74. The minimum atomic E-state index is -4.15. The van der Waals surface area contributed by atoms with Crippen molar-refractivity contribution in [3.63, 3.8) is 0 Å². The van der Waals surface area contributed by atoms with Crippen LogP contribution in [0, 0.1) is 15.5 Å². The van der Waals surface area contributed by atoms with E-state index in [9.17, 15) is 23.3 Å². The first-order chi connectivity index (χ1) is 11.0. The highest BCUT2D eigenvalue weighted by molar-refractivity contribution is 7.89. The van der Waals surface area contributed by atoms with Crippen LogP contribution in [-0.2, 0) is 14.8 Å². The quantitative estimate of drug-likeness (QED) is 0.473. The number of nitro groups is 1. The number of hydrogen-bond acceptors (Lipinski definition) is 5. The summed E-state index contributed by atoms with van der Waals surface area (Å²) in [6.07, 6.45) is 3.49. The number of Topliss-reactive ketones (excluding diaryl/α,β-unsaturated/α-hetero) is 1. The first-order valence-electron chi connectivity index (χ1n) is 7.52. The maximum absolute atomic E-state index is 13.2. The van der Waals surface area contributed by atoms with E-state index in [-0.39, 0.29) is 17.1 Å². The lowest BCUT2D eigenvalue weighted by Gasteiger charge is -2.47. The van der Waals surface area contributed by atoms with Gasteiger partial charge in [0.2, 0.25) is 0 Å². The van der Waals surface area contributed by atoms with Gasteiger partial charge in [-0.3, -0.25) is 14.9 Å². The summed E-state index contributed by atoms with van der Waals surface area (Å²) in [4.78, 5) is 22.6. The van der Waals surface area contributed by atoms with Gasteiger partial charge in [0, 0.05) is 17.9 Å². The largest absolute Gasteiger partial charge is 0.299 e. The van der Waals surface area contributed by atoms with Gasteiger partial charge >= 0.3 is 0 Å². The number of benzene rings is 1. The monoisotopic (exact) mass is 350 g/mol. The zero-order valence-electron chi connectivity index (χ0n) is 13.6. The van der Waals surface area contributed by atoms with E-state index < -0.39 is 37.6 Å². The van der Waals surface area contributed by atoms with Gasteiger partial charge in [-0.05, 0) is 13.0 Å². The summed E-state index contributed by atoms with van der Waals surface area (Å²) < 4.78 is 27.7. The van der Waals surface area contributed by atoms with Crippen LogP contribution in [0.3, 0.4) is 0 Å². The molecule has 0 saturated carbocycles. The smallest absolute Gasteiger partial charge is 0.289 e. The molecule has 2 atom stereocenters. The first kappa shape index (κ1) is 16.8. The zero-order chi connectivity index (χ0) is 17.9. The Labute approximate surface area is 140 Å². The second kappa shape index (κ2) is 4.97. The fourth-order valence-electron chi connectivity index (χ4n) is 3.51. The number of para-hydroxylation sites is 1. The van der Waals surface area contributed by atoms with Crippen molar-refractivity contribution in [2.45, 2.75) is 43.7 Å². The number of sulfonamides is 1. The number of nitro benzene ring substituents is 1. The molecular formula is C16H18N2O5S. The third-order valence-corrected chi connectivity index (χ3v) is 7.03. The third-order valence-electron chi connectivity index (χ3n) is 4.97. The van der Waals surface area contributed by atoms with Crippen molar-refractivity contribution in [1.29, 1.82) is 0 Å². The molecule has 2 aliphatic rings. The molecule has 2 bridgehead atoms. The highest BCUT2D eigenvalue weighted by Gasteiger charge is 2.59. The second-order valence-electron chi connectivity index (χ2n) is 7.01. The van der Waals surface area contributed by atoms with Gasteiger partial charge in [0.15, 0.2) is 4.90 Å². The predicted molar refractivity (Wildman–Crippen MR) is 86.9 cm³/mol. The van der Waals surface area contributed by atoms with Crippen LogP contribution in [0.15, 0.2) is 41.3 Å². The Morgan fingerprint density at radius 2 is 1.88 bits per heavy atom. The Kier molecular flexibility index (Phi) is 3.47. The van der Waals surface area contributed by atoms with E-state index in [2.05, 4.69) is 0 Å². The summed E-state index contributed by atoms with van der Waals surface area (Å²) in [6.45, 7) is 5.08. The molecule has 0 radical (unpaired) electrons. The van der Waals surface area contributed by atoms with Crippen LogP contribution in [0.5, 0.6) is 0 Å². The van der Waals surface area contributed by atoms with Crippen LogP contribution in [0.4, 0.5) is 5.69 Å². The number of rotatable bonds is 3. The van der Waals surface area contributed by atoms with Gasteiger partial charge in [0.1, 0.15) is 5.78 Å². The molecule has 2 heterocycles. The van der Waals surface area contributed by atoms with Gasteiger partial charge in [0.25, 0.3) is 15.7 Å². The molecule has 24 heavy (non-hydrogen) atoms. The standard InChI is InChI=1S/C16H18N2O5S/c1-15(2)13-8-9-16(3,10-14(15)19)17(13)24(22,23)12-7-5-4-6-11(12)18(20)21/h4-9,13H,10H2,1-3H3. The van der Waals surface area contributed by atoms with Crippen molar-refractivity contribution >= 4 is 21.5 Å². The highest BCUT2D eigenvalue weighted by Crippen LogP contribution is 2.49. The fraction of sp³-hybridized carbons (Fsp3) is 0.438. The van der Waals surface area contributed by atoms with E-state index in [0.29, 0.717) is 0 Å². The molecule has 1 aromatic carbocycles. The molecular weight excluding hydrogens is 332 g/mol. The number of ketones is 1. The first-order valence-corrected chi connectivity index (χ1v) is 8.96. The second-order valence-corrected chi connectivity index (χ2v) is 8.79. The SMILES string of the molecule is CC1(C)C(=O)CC2(C)C=CC1N2S(=O)(=O)c1ccccc1[N+](=O)[O-]. The van der Waals surface area contributed by atoms with Crippen molar-refractivity contribution < 1.29 is 18.1 Å². The molecule has 1 fully saturated rings. The predicted octanol–water partition coefficient (Wildman–Crippen LogP) is 2.28. The molecule has 7 nitrogen and oxygen atoms in total. The molecule has 3 rings (SSSR count). The normalized spacial score (nSPS) is 29.0.